The molecule has 0 fully saturated rings. The van der Waals surface area contributed by atoms with Crippen molar-refractivity contribution in [3.63, 3.8) is 0 Å². The molecule has 4 nitrogen and oxygen atoms in total. The minimum Gasteiger partial charge on any atom is -0.311 e. The van der Waals surface area contributed by atoms with Crippen LogP contribution < -0.4 is 26.2 Å². The Kier molecular flexibility index (Phi) is 14.9. The second kappa shape index (κ2) is 23.2. The summed E-state index contributed by atoms with van der Waals surface area (Å²) < 4.78 is 5.11. The van der Waals surface area contributed by atoms with Crippen molar-refractivity contribution in [1.82, 2.24) is 9.13 Å². The molecular weight excluding hydrogens is 1290 g/mol. The summed E-state index contributed by atoms with van der Waals surface area (Å²) in [5, 5.41) is 5.02. The Morgan fingerprint density at radius 2 is 0.645 bits per heavy atom. The fourth-order valence-corrected chi connectivity index (χ4v) is 20.0. The van der Waals surface area contributed by atoms with Gasteiger partial charge in [-0.15, -0.1) is 0 Å². The number of hydrogen-bond donors (Lipinski definition) is 0. The van der Waals surface area contributed by atoms with Crippen LogP contribution in [0.4, 0.5) is 34.1 Å². The van der Waals surface area contributed by atoms with E-state index in [4.69, 9.17) is 0 Å². The minimum atomic E-state index is -0.190. The molecule has 5 heteroatoms. The zero-order valence-electron chi connectivity index (χ0n) is 66.8. The zero-order valence-corrected chi connectivity index (χ0v) is 66.8. The molecule has 2 aliphatic heterocycles. The van der Waals surface area contributed by atoms with Crippen LogP contribution >= 0.6 is 0 Å². The highest BCUT2D eigenvalue weighted by Gasteiger charge is 2.47. The van der Waals surface area contributed by atoms with E-state index in [9.17, 15) is 0 Å². The number of benzene rings is 12. The lowest BCUT2D eigenvalue weighted by atomic mass is 9.33. The van der Waals surface area contributed by atoms with Crippen LogP contribution in [0.15, 0.2) is 237 Å². The van der Waals surface area contributed by atoms with E-state index < -0.39 is 0 Å². The van der Waals surface area contributed by atoms with Crippen LogP contribution in [0.3, 0.4) is 0 Å². The molecule has 12 aromatic carbocycles. The summed E-state index contributed by atoms with van der Waals surface area (Å²) >= 11 is 0. The smallest absolute Gasteiger partial charge is 0.252 e. The van der Waals surface area contributed by atoms with E-state index in [1.165, 1.54) is 144 Å². The fraction of sp³-hybridized carbons (Fsp3) is 0.294. The van der Waals surface area contributed by atoms with Gasteiger partial charge in [0.25, 0.3) is 6.71 Å². The number of hydrogen-bond acceptors (Lipinski definition) is 2. The van der Waals surface area contributed by atoms with Gasteiger partial charge in [0.05, 0.1) is 27.8 Å². The van der Waals surface area contributed by atoms with Crippen LogP contribution in [0.1, 0.15) is 196 Å². The molecule has 0 radical (unpaired) electrons. The lowest BCUT2D eigenvalue weighted by molar-refractivity contribution is 0.402. The molecule has 18 rings (SSSR count). The van der Waals surface area contributed by atoms with Crippen LogP contribution in [0.25, 0.3) is 88.4 Å². The van der Waals surface area contributed by atoms with Crippen LogP contribution in [0.2, 0.25) is 0 Å². The Labute approximate surface area is 636 Å². The van der Waals surface area contributed by atoms with Crippen molar-refractivity contribution < 1.29 is 0 Å². The van der Waals surface area contributed by atoms with Gasteiger partial charge < -0.3 is 18.9 Å². The summed E-state index contributed by atoms with van der Waals surface area (Å²) in [5.74, 6) is 0. The van der Waals surface area contributed by atoms with Gasteiger partial charge in [-0.05, 0) is 241 Å². The molecule has 0 unspecified atom stereocenters. The fourth-order valence-electron chi connectivity index (χ4n) is 20.0. The van der Waals surface area contributed by atoms with Crippen molar-refractivity contribution in [2.75, 3.05) is 9.80 Å². The highest BCUT2D eigenvalue weighted by atomic mass is 15.2. The van der Waals surface area contributed by atoms with Gasteiger partial charge in [-0.1, -0.05) is 284 Å². The van der Waals surface area contributed by atoms with Gasteiger partial charge in [0, 0.05) is 61.4 Å². The van der Waals surface area contributed by atoms with Gasteiger partial charge in [-0.2, -0.15) is 0 Å². The Hall–Kier alpha value is -10.1. The first-order chi connectivity index (χ1) is 50.5. The van der Waals surface area contributed by atoms with Crippen molar-refractivity contribution >= 4 is 101 Å². The second-order valence-corrected chi connectivity index (χ2v) is 39.0. The maximum atomic E-state index is 2.65. The predicted octanol–water partition coefficient (Wildman–Crippen LogP) is 26.1. The van der Waals surface area contributed by atoms with Crippen molar-refractivity contribution in [1.29, 1.82) is 0 Å². The first-order valence-corrected chi connectivity index (χ1v) is 39.3. The van der Waals surface area contributed by atoms with Gasteiger partial charge >= 0.3 is 0 Å². The molecule has 107 heavy (non-hydrogen) atoms. The van der Waals surface area contributed by atoms with E-state index >= 15 is 0 Å². The van der Waals surface area contributed by atoms with E-state index in [0.29, 0.717) is 0 Å². The number of rotatable bonds is 7. The summed E-state index contributed by atoms with van der Waals surface area (Å²) in [6.07, 6.45) is 2.26. The first kappa shape index (κ1) is 68.7. The molecule has 0 amide bonds. The van der Waals surface area contributed by atoms with Crippen molar-refractivity contribution in [2.45, 2.75) is 195 Å². The van der Waals surface area contributed by atoms with Gasteiger partial charge in [0.2, 0.25) is 0 Å². The van der Waals surface area contributed by atoms with Crippen molar-refractivity contribution in [3.8, 4) is 44.8 Å². The van der Waals surface area contributed by atoms with E-state index in [0.717, 1.165) is 52.7 Å². The van der Waals surface area contributed by atoms with Crippen LogP contribution in [-0.4, -0.2) is 15.8 Å². The first-order valence-electron chi connectivity index (χ1n) is 39.3. The number of anilines is 6. The van der Waals surface area contributed by atoms with E-state index in [2.05, 4.69) is 394 Å². The molecule has 0 spiro atoms. The van der Waals surface area contributed by atoms with E-state index in [1.54, 1.807) is 0 Å². The monoisotopic (exact) mass is 1390 g/mol. The summed E-state index contributed by atoms with van der Waals surface area (Å²) in [6, 6.07) is 93.8. The maximum absolute atomic E-state index is 2.65. The third kappa shape index (κ3) is 11.0. The van der Waals surface area contributed by atoms with Crippen LogP contribution in [0.5, 0.6) is 0 Å². The maximum Gasteiger partial charge on any atom is 0.252 e. The molecule has 2 aromatic heterocycles. The summed E-state index contributed by atoms with van der Waals surface area (Å²) in [7, 11) is 0. The number of aromatic nitrogens is 2. The van der Waals surface area contributed by atoms with Gasteiger partial charge in [0.15, 0.2) is 0 Å². The molecule has 4 heterocycles. The summed E-state index contributed by atoms with van der Waals surface area (Å²) in [5.41, 5.74) is 36.5. The van der Waals surface area contributed by atoms with Gasteiger partial charge in [-0.3, -0.25) is 0 Å². The third-order valence-electron chi connectivity index (χ3n) is 25.3. The van der Waals surface area contributed by atoms with Gasteiger partial charge in [-0.25, -0.2) is 0 Å². The van der Waals surface area contributed by atoms with Crippen LogP contribution in [-0.2, 0) is 43.3 Å². The van der Waals surface area contributed by atoms with Crippen LogP contribution in [0, 0.1) is 0 Å². The lowest BCUT2D eigenvalue weighted by Crippen LogP contribution is -2.61. The number of para-hydroxylation sites is 2. The minimum absolute atomic E-state index is 0.0401. The molecule has 0 atom stereocenters. The van der Waals surface area contributed by atoms with Crippen molar-refractivity contribution in [3.05, 3.63) is 281 Å². The molecule has 0 bridgehead atoms. The Morgan fingerprint density at radius 1 is 0.262 bits per heavy atom. The SMILES string of the molecule is CC(C)(C)c1cc(-c2ccc3c(c2)B2c4ccc(-n5c6ccc(C(C)(C)C)cc6c6cc(C(C)(C)C)ccc65)cc4N(c4ccc(-c5ccc6c(c5)C(C)(C)CC6(C)C)cc4)c4cc(-n5c6ccccc6c6ccccc65)cc(c42)N3c2ccc(-c3ccc4c(c3)C(C)(C)CC4(C)C)cc2)cc(C(C)(C)C)c1. The molecule has 534 valence electrons. The molecule has 2 aliphatic carbocycles. The molecule has 14 aromatic rings. The second-order valence-electron chi connectivity index (χ2n) is 39.0. The number of fused-ring (bicyclic) bond motifs is 12. The summed E-state index contributed by atoms with van der Waals surface area (Å²) in [4.78, 5) is 5.28. The number of nitrogens with zero attached hydrogens (tertiary/aromatic N) is 4. The summed E-state index contributed by atoms with van der Waals surface area (Å²) in [6.45, 7) is 47.4. The Bertz CT molecular complexity index is 5890. The molecule has 0 saturated carbocycles. The normalized spacial score (nSPS) is 16.2. The lowest BCUT2D eigenvalue weighted by Gasteiger charge is -2.44. The third-order valence-corrected chi connectivity index (χ3v) is 25.3. The van der Waals surface area contributed by atoms with Crippen molar-refractivity contribution in [2.24, 2.45) is 0 Å². The molecule has 0 N–H and O–H groups in total. The predicted molar refractivity (Wildman–Crippen MR) is 462 cm³/mol. The zero-order chi connectivity index (χ0) is 74.9. The molecular formula is C102H103BN4. The average Bonchev–Trinajstić information content (AvgIpc) is 1.35. The highest BCUT2D eigenvalue weighted by Crippen LogP contribution is 2.54. The average molecular weight is 1400 g/mol. The Morgan fingerprint density at radius 3 is 1.11 bits per heavy atom. The Balaban J connectivity index is 0.936. The highest BCUT2D eigenvalue weighted by molar-refractivity contribution is 7.00. The van der Waals surface area contributed by atoms with E-state index in [-0.39, 0.29) is 50.0 Å². The molecule has 0 saturated heterocycles. The largest absolute Gasteiger partial charge is 0.311 e. The quantitative estimate of drug-likeness (QED) is 0.148. The molecule has 4 aliphatic rings. The van der Waals surface area contributed by atoms with Gasteiger partial charge in [0.1, 0.15) is 0 Å². The standard InChI is InChI=1S/C102H103BN4/c1-95(2,3)68-36-47-88-78(55-68)79-56-69(96(4,5)6)37-48-89(79)106(88)74-42-45-84-91(57-74)105(73-40-31-63(32-41-73)65-34-44-81-83(52-65)102(19,20)61-100(81,15)16)93-59-75(107-86-27-23-21-25-76(86)77-26-22-24-28-87(77)107)58-92-94(93)103(84)85-53-66(67-49-70(97(7,8)9)54-71(50-67)98(10,11)12)35-46-90(85)104(92)72-38-29-62(30-39-72)64-33-43-80-82(51-64)101(17,18)60-99(80,13)14/h21-59H,60-61H2,1-20H3. The van der Waals surface area contributed by atoms with E-state index in [1.807, 2.05) is 0 Å². The topological polar surface area (TPSA) is 16.3 Å².